The van der Waals surface area contributed by atoms with Crippen LogP contribution in [-0.4, -0.2) is 46.9 Å². The Balaban J connectivity index is 4.63. The fraction of sp³-hybridized carbons (Fsp3) is 0.846. The maximum Gasteiger partial charge on any atom is 0.306 e. The van der Waals surface area contributed by atoms with Crippen molar-refractivity contribution in [3.63, 3.8) is 0 Å². The Hall–Kier alpha value is -1.92. The number of amides is 1. The molecule has 0 aliphatic heterocycles. The van der Waals surface area contributed by atoms with Crippen molar-refractivity contribution in [3.8, 4) is 0 Å². The highest BCUT2D eigenvalue weighted by atomic mass is 16.5. The number of hydrogen-bond donors (Lipinski definition) is 3. The summed E-state index contributed by atoms with van der Waals surface area (Å²) in [5, 5.41) is 23.7. The highest BCUT2D eigenvalue weighted by molar-refractivity contribution is 5.77. The smallest absolute Gasteiger partial charge is 0.306 e. The number of esters is 1. The summed E-state index contributed by atoms with van der Waals surface area (Å²) in [4.78, 5) is 26.0. The highest BCUT2D eigenvalue weighted by Gasteiger charge is 2.24. The monoisotopic (exact) mass is 816 g/mol. The molecule has 0 aromatic heterocycles. The molecule has 0 aliphatic rings. The molecule has 0 rings (SSSR count). The summed E-state index contributed by atoms with van der Waals surface area (Å²) in [7, 11) is 0. The summed E-state index contributed by atoms with van der Waals surface area (Å²) < 4.78 is 5.90. The molecule has 0 bridgehead atoms. The van der Waals surface area contributed by atoms with Gasteiger partial charge in [0.15, 0.2) is 0 Å². The third kappa shape index (κ3) is 40.8. The van der Waals surface area contributed by atoms with E-state index in [4.69, 9.17) is 4.74 Å². The summed E-state index contributed by atoms with van der Waals surface area (Å²) in [5.41, 5.74) is 0. The van der Waals surface area contributed by atoms with Gasteiger partial charge in [0.25, 0.3) is 0 Å². The number of allylic oxidation sites excluding steroid dienone is 6. The van der Waals surface area contributed by atoms with E-state index in [-0.39, 0.29) is 24.9 Å². The first-order valence-electron chi connectivity index (χ1n) is 25.2. The van der Waals surface area contributed by atoms with Crippen molar-refractivity contribution >= 4 is 11.9 Å². The number of aliphatic hydroxyl groups is 2. The number of hydrogen-bond acceptors (Lipinski definition) is 5. The van der Waals surface area contributed by atoms with E-state index in [0.29, 0.717) is 19.3 Å². The van der Waals surface area contributed by atoms with Crippen LogP contribution in [0.1, 0.15) is 258 Å². The van der Waals surface area contributed by atoms with Crippen molar-refractivity contribution in [2.45, 2.75) is 277 Å². The lowest BCUT2D eigenvalue weighted by Gasteiger charge is -2.24. The van der Waals surface area contributed by atoms with Gasteiger partial charge in [-0.05, 0) is 51.4 Å². The van der Waals surface area contributed by atoms with Crippen molar-refractivity contribution in [3.05, 3.63) is 36.5 Å². The molecule has 0 spiro atoms. The summed E-state index contributed by atoms with van der Waals surface area (Å²) in [6, 6.07) is -0.709. The average Bonchev–Trinajstić information content (AvgIpc) is 3.22. The van der Waals surface area contributed by atoms with Crippen LogP contribution in [0.3, 0.4) is 0 Å². The predicted molar refractivity (Wildman–Crippen MR) is 250 cm³/mol. The van der Waals surface area contributed by atoms with E-state index in [1.165, 1.54) is 141 Å². The Morgan fingerprint density at radius 2 is 0.879 bits per heavy atom. The van der Waals surface area contributed by atoms with Crippen LogP contribution < -0.4 is 5.32 Å². The normalized spacial score (nSPS) is 13.5. The second-order valence-corrected chi connectivity index (χ2v) is 17.3. The van der Waals surface area contributed by atoms with E-state index in [0.717, 1.165) is 70.6 Å². The minimum atomic E-state index is -0.793. The van der Waals surface area contributed by atoms with Gasteiger partial charge in [0, 0.05) is 6.42 Å². The molecule has 0 saturated heterocycles. The molecule has 0 heterocycles. The molecule has 3 unspecified atom stereocenters. The molecule has 0 saturated carbocycles. The average molecular weight is 816 g/mol. The fourth-order valence-electron chi connectivity index (χ4n) is 7.67. The summed E-state index contributed by atoms with van der Waals surface area (Å²) in [6.07, 6.45) is 53.4. The minimum Gasteiger partial charge on any atom is -0.462 e. The van der Waals surface area contributed by atoms with Gasteiger partial charge in [0.2, 0.25) is 5.91 Å². The lowest BCUT2D eigenvalue weighted by Crippen LogP contribution is -2.46. The lowest BCUT2D eigenvalue weighted by atomic mass is 10.0. The predicted octanol–water partition coefficient (Wildman–Crippen LogP) is 14.9. The Kier molecular flexibility index (Phi) is 44.6. The molecule has 58 heavy (non-hydrogen) atoms. The van der Waals surface area contributed by atoms with Gasteiger partial charge in [-0.25, -0.2) is 0 Å². The number of nitrogens with one attached hydrogen (secondary N) is 1. The Morgan fingerprint density at radius 1 is 0.500 bits per heavy atom. The fourth-order valence-corrected chi connectivity index (χ4v) is 7.67. The number of ether oxygens (including phenoxy) is 1. The number of unbranched alkanes of at least 4 members (excludes halogenated alkanes) is 29. The molecule has 6 nitrogen and oxygen atoms in total. The third-order valence-corrected chi connectivity index (χ3v) is 11.5. The van der Waals surface area contributed by atoms with E-state index in [2.05, 4.69) is 62.5 Å². The quantitative estimate of drug-likeness (QED) is 0.0323. The first-order chi connectivity index (χ1) is 28.5. The minimum absolute atomic E-state index is 0.0582. The van der Waals surface area contributed by atoms with Crippen molar-refractivity contribution in [1.29, 1.82) is 0 Å². The van der Waals surface area contributed by atoms with Gasteiger partial charge < -0.3 is 20.3 Å². The van der Waals surface area contributed by atoms with Crippen LogP contribution >= 0.6 is 0 Å². The standard InChI is InChI=1S/C52H97NO5/c1-4-7-10-13-16-19-22-24-25-26-28-29-31-34-37-40-43-48(58-52(57)45-42-39-36-33-21-18-15-12-9-6-3)46-51(56)53-49(47-54)50(55)44-41-38-35-32-30-27-23-20-17-14-11-8-5-2/h22,24-26,28-29,48-50,54-55H,4-21,23,27,30-47H2,1-3H3,(H,53,56)/b24-22+,26-25+,29-28+. The van der Waals surface area contributed by atoms with E-state index in [1.54, 1.807) is 0 Å². The van der Waals surface area contributed by atoms with Gasteiger partial charge in [0.1, 0.15) is 6.10 Å². The first-order valence-corrected chi connectivity index (χ1v) is 25.2. The molecule has 6 heteroatoms. The molecule has 340 valence electrons. The zero-order valence-electron chi connectivity index (χ0n) is 38.7. The second kappa shape index (κ2) is 46.2. The van der Waals surface area contributed by atoms with Gasteiger partial charge in [0.05, 0.1) is 25.2 Å². The zero-order valence-corrected chi connectivity index (χ0v) is 38.7. The van der Waals surface area contributed by atoms with E-state index < -0.39 is 18.2 Å². The van der Waals surface area contributed by atoms with Crippen LogP contribution in [0.2, 0.25) is 0 Å². The zero-order chi connectivity index (χ0) is 42.4. The largest absolute Gasteiger partial charge is 0.462 e. The molecule has 3 atom stereocenters. The van der Waals surface area contributed by atoms with Crippen LogP contribution in [0.4, 0.5) is 0 Å². The molecule has 3 N–H and O–H groups in total. The van der Waals surface area contributed by atoms with Crippen LogP contribution in [0.5, 0.6) is 0 Å². The Labute approximate surface area is 360 Å². The first kappa shape index (κ1) is 56.1. The van der Waals surface area contributed by atoms with E-state index in [1.807, 2.05) is 0 Å². The van der Waals surface area contributed by atoms with Crippen molar-refractivity contribution in [2.75, 3.05) is 6.61 Å². The maximum atomic E-state index is 13.2. The number of carbonyl (C=O) groups excluding carboxylic acids is 2. The van der Waals surface area contributed by atoms with Gasteiger partial charge in [-0.15, -0.1) is 0 Å². The molecule has 0 radical (unpaired) electrons. The number of aliphatic hydroxyl groups excluding tert-OH is 2. The van der Waals surface area contributed by atoms with Crippen LogP contribution in [0.15, 0.2) is 36.5 Å². The summed E-state index contributed by atoms with van der Waals surface area (Å²) in [5.74, 6) is -0.501. The highest BCUT2D eigenvalue weighted by Crippen LogP contribution is 2.17. The van der Waals surface area contributed by atoms with Crippen molar-refractivity contribution in [2.24, 2.45) is 0 Å². The number of carbonyl (C=O) groups is 2. The van der Waals surface area contributed by atoms with Crippen LogP contribution in [0, 0.1) is 0 Å². The van der Waals surface area contributed by atoms with Crippen molar-refractivity contribution in [1.82, 2.24) is 5.32 Å². The molecule has 0 fully saturated rings. The van der Waals surface area contributed by atoms with Gasteiger partial charge in [-0.1, -0.05) is 231 Å². The maximum absolute atomic E-state index is 13.2. The Bertz CT molecular complexity index is 961. The molecule has 0 aromatic rings. The topological polar surface area (TPSA) is 95.9 Å². The van der Waals surface area contributed by atoms with Gasteiger partial charge >= 0.3 is 5.97 Å². The van der Waals surface area contributed by atoms with E-state index in [9.17, 15) is 19.8 Å². The summed E-state index contributed by atoms with van der Waals surface area (Å²) >= 11 is 0. The van der Waals surface area contributed by atoms with Crippen molar-refractivity contribution < 1.29 is 24.5 Å². The van der Waals surface area contributed by atoms with Crippen LogP contribution in [0.25, 0.3) is 0 Å². The Morgan fingerprint density at radius 3 is 1.33 bits per heavy atom. The second-order valence-electron chi connectivity index (χ2n) is 17.3. The molecule has 1 amide bonds. The molecular formula is C52H97NO5. The summed E-state index contributed by atoms with van der Waals surface area (Å²) in [6.45, 7) is 6.45. The lowest BCUT2D eigenvalue weighted by molar-refractivity contribution is -0.151. The molecule has 0 aromatic carbocycles. The van der Waals surface area contributed by atoms with Gasteiger partial charge in [-0.3, -0.25) is 9.59 Å². The molecule has 0 aliphatic carbocycles. The third-order valence-electron chi connectivity index (χ3n) is 11.5. The van der Waals surface area contributed by atoms with Gasteiger partial charge in [-0.2, -0.15) is 0 Å². The number of rotatable bonds is 45. The van der Waals surface area contributed by atoms with E-state index >= 15 is 0 Å². The van der Waals surface area contributed by atoms with Crippen LogP contribution in [-0.2, 0) is 14.3 Å². The SMILES string of the molecule is CCCCCCC/C=C/C=C/C=C/CCCCCC(CC(=O)NC(CO)C(O)CCCCCCCCCCCCCCC)OC(=O)CCCCCCCCCCCC. The molecular weight excluding hydrogens is 719 g/mol.